The second-order valence-electron chi connectivity index (χ2n) is 6.47. The zero-order valence-electron chi connectivity index (χ0n) is 13.9. The van der Waals surface area contributed by atoms with E-state index >= 15 is 0 Å². The molecule has 0 bridgehead atoms. The Hall–Kier alpha value is -1.93. The van der Waals surface area contributed by atoms with Crippen molar-refractivity contribution in [3.8, 4) is 0 Å². The minimum absolute atomic E-state index is 0.00631. The van der Waals surface area contributed by atoms with Crippen molar-refractivity contribution in [2.45, 2.75) is 44.8 Å². The first kappa shape index (κ1) is 16.9. The second kappa shape index (κ2) is 7.31. The lowest BCUT2D eigenvalue weighted by molar-refractivity contribution is -0.145. The zero-order valence-corrected chi connectivity index (χ0v) is 13.9. The fourth-order valence-corrected chi connectivity index (χ4v) is 3.28. The van der Waals surface area contributed by atoms with Crippen LogP contribution in [0.4, 0.5) is 5.82 Å². The molecule has 132 valence electrons. The molecule has 0 aliphatic carbocycles. The molecule has 0 spiro atoms. The number of ether oxygens (including phenoxy) is 1. The molecule has 3 heterocycles. The SMILES string of the molecule is Cc1cc(NC(=O)C2CCN(C(=O)[C@@H]3CC[C@H](CN)O3)CC2)no1. The lowest BCUT2D eigenvalue weighted by Crippen LogP contribution is -2.45. The number of nitrogens with two attached hydrogens (primary N) is 1. The molecule has 0 radical (unpaired) electrons. The quantitative estimate of drug-likeness (QED) is 0.836. The van der Waals surface area contributed by atoms with E-state index in [9.17, 15) is 9.59 Å². The topological polar surface area (TPSA) is 111 Å². The molecule has 2 fully saturated rings. The van der Waals surface area contributed by atoms with Gasteiger partial charge >= 0.3 is 0 Å². The van der Waals surface area contributed by atoms with Gasteiger partial charge in [-0.05, 0) is 32.6 Å². The number of nitrogens with zero attached hydrogens (tertiary/aromatic N) is 2. The van der Waals surface area contributed by atoms with E-state index in [-0.39, 0.29) is 29.9 Å². The van der Waals surface area contributed by atoms with Gasteiger partial charge in [-0.3, -0.25) is 9.59 Å². The highest BCUT2D eigenvalue weighted by atomic mass is 16.5. The summed E-state index contributed by atoms with van der Waals surface area (Å²) in [5, 5.41) is 6.52. The Bertz CT molecular complexity index is 595. The fourth-order valence-electron chi connectivity index (χ4n) is 3.28. The number of amides is 2. The van der Waals surface area contributed by atoms with Crippen LogP contribution in [-0.4, -0.2) is 53.7 Å². The van der Waals surface area contributed by atoms with Gasteiger partial charge in [0.25, 0.3) is 5.91 Å². The predicted octanol–water partition coefficient (Wildman–Crippen LogP) is 0.666. The summed E-state index contributed by atoms with van der Waals surface area (Å²) in [4.78, 5) is 26.5. The van der Waals surface area contributed by atoms with Gasteiger partial charge in [-0.2, -0.15) is 0 Å². The van der Waals surface area contributed by atoms with Crippen LogP contribution in [0.3, 0.4) is 0 Å². The van der Waals surface area contributed by atoms with Crippen LogP contribution in [0, 0.1) is 12.8 Å². The van der Waals surface area contributed by atoms with Gasteiger partial charge in [0, 0.05) is 31.6 Å². The van der Waals surface area contributed by atoms with Crippen LogP contribution in [0.2, 0.25) is 0 Å². The first-order chi connectivity index (χ1) is 11.6. The molecule has 8 nitrogen and oxygen atoms in total. The number of piperidine rings is 1. The summed E-state index contributed by atoms with van der Waals surface area (Å²) in [5.74, 6) is 0.918. The average Bonchev–Trinajstić information content (AvgIpc) is 3.23. The number of rotatable bonds is 4. The predicted molar refractivity (Wildman–Crippen MR) is 86.1 cm³/mol. The number of anilines is 1. The van der Waals surface area contributed by atoms with Crippen LogP contribution in [-0.2, 0) is 14.3 Å². The van der Waals surface area contributed by atoms with Crippen LogP contribution >= 0.6 is 0 Å². The molecule has 1 aromatic heterocycles. The summed E-state index contributed by atoms with van der Waals surface area (Å²) in [6, 6.07) is 1.68. The van der Waals surface area contributed by atoms with Gasteiger partial charge in [0.05, 0.1) is 6.10 Å². The van der Waals surface area contributed by atoms with E-state index in [0.717, 1.165) is 12.8 Å². The molecular weight excluding hydrogens is 312 g/mol. The van der Waals surface area contributed by atoms with Crippen molar-refractivity contribution >= 4 is 17.6 Å². The van der Waals surface area contributed by atoms with Crippen molar-refractivity contribution in [1.29, 1.82) is 0 Å². The standard InChI is InChI=1S/C16H24N4O4/c1-10-8-14(19-24-10)18-15(21)11-4-6-20(7-5-11)16(22)13-3-2-12(9-17)23-13/h8,11-13H,2-7,9,17H2,1H3,(H,18,19,21)/t12-,13+/m1/s1. The third-order valence-corrected chi connectivity index (χ3v) is 4.70. The van der Waals surface area contributed by atoms with Gasteiger partial charge in [0.15, 0.2) is 5.82 Å². The second-order valence-corrected chi connectivity index (χ2v) is 6.47. The number of aryl methyl sites for hydroxylation is 1. The maximum Gasteiger partial charge on any atom is 0.251 e. The minimum Gasteiger partial charge on any atom is -0.364 e. The lowest BCUT2D eigenvalue weighted by Gasteiger charge is -2.32. The molecule has 2 saturated heterocycles. The maximum absolute atomic E-state index is 12.5. The Kier molecular flexibility index (Phi) is 5.15. The molecule has 0 aromatic carbocycles. The van der Waals surface area contributed by atoms with Gasteiger partial charge in [-0.15, -0.1) is 0 Å². The van der Waals surface area contributed by atoms with Crippen molar-refractivity contribution in [2.75, 3.05) is 25.0 Å². The largest absolute Gasteiger partial charge is 0.364 e. The molecule has 8 heteroatoms. The Morgan fingerprint density at radius 3 is 2.67 bits per heavy atom. The highest BCUT2D eigenvalue weighted by Gasteiger charge is 2.35. The molecule has 2 amide bonds. The molecular formula is C16H24N4O4. The molecule has 0 saturated carbocycles. The van der Waals surface area contributed by atoms with Gasteiger partial charge in [0.2, 0.25) is 5.91 Å². The first-order valence-electron chi connectivity index (χ1n) is 8.45. The number of carbonyl (C=O) groups excluding carboxylic acids is 2. The normalized spacial score (nSPS) is 25.0. The van der Waals surface area contributed by atoms with E-state index in [4.69, 9.17) is 15.0 Å². The smallest absolute Gasteiger partial charge is 0.251 e. The maximum atomic E-state index is 12.5. The Morgan fingerprint density at radius 2 is 2.08 bits per heavy atom. The molecule has 1 aromatic rings. The van der Waals surface area contributed by atoms with Crippen LogP contribution in [0.15, 0.2) is 10.6 Å². The summed E-state index contributed by atoms with van der Waals surface area (Å²) < 4.78 is 10.6. The molecule has 2 atom stereocenters. The first-order valence-corrected chi connectivity index (χ1v) is 8.45. The Labute approximate surface area is 140 Å². The summed E-state index contributed by atoms with van der Waals surface area (Å²) in [5.41, 5.74) is 5.58. The number of nitrogens with one attached hydrogen (secondary N) is 1. The van der Waals surface area contributed by atoms with E-state index in [1.807, 2.05) is 0 Å². The van der Waals surface area contributed by atoms with Crippen molar-refractivity contribution in [1.82, 2.24) is 10.1 Å². The monoisotopic (exact) mass is 336 g/mol. The number of hydrogen-bond acceptors (Lipinski definition) is 6. The summed E-state index contributed by atoms with van der Waals surface area (Å²) >= 11 is 0. The molecule has 0 unspecified atom stereocenters. The van der Waals surface area contributed by atoms with Gasteiger partial charge < -0.3 is 25.2 Å². The third-order valence-electron chi connectivity index (χ3n) is 4.70. The minimum atomic E-state index is -0.373. The zero-order chi connectivity index (χ0) is 17.1. The third kappa shape index (κ3) is 3.76. The van der Waals surface area contributed by atoms with E-state index in [1.54, 1.807) is 17.9 Å². The van der Waals surface area contributed by atoms with Gasteiger partial charge in [-0.1, -0.05) is 5.16 Å². The van der Waals surface area contributed by atoms with Crippen LogP contribution in [0.25, 0.3) is 0 Å². The van der Waals surface area contributed by atoms with Crippen molar-refractivity contribution in [3.63, 3.8) is 0 Å². The average molecular weight is 336 g/mol. The van der Waals surface area contributed by atoms with Gasteiger partial charge in [-0.25, -0.2) is 0 Å². The van der Waals surface area contributed by atoms with E-state index in [1.165, 1.54) is 0 Å². The molecule has 24 heavy (non-hydrogen) atoms. The Morgan fingerprint density at radius 1 is 1.33 bits per heavy atom. The number of aromatic nitrogens is 1. The number of likely N-dealkylation sites (tertiary alicyclic amines) is 1. The molecule has 2 aliphatic rings. The van der Waals surface area contributed by atoms with Crippen molar-refractivity contribution in [2.24, 2.45) is 11.7 Å². The van der Waals surface area contributed by atoms with E-state index in [0.29, 0.717) is 44.1 Å². The van der Waals surface area contributed by atoms with E-state index in [2.05, 4.69) is 10.5 Å². The number of carbonyl (C=O) groups is 2. The highest BCUT2D eigenvalue weighted by molar-refractivity contribution is 5.92. The van der Waals surface area contributed by atoms with Crippen molar-refractivity contribution in [3.05, 3.63) is 11.8 Å². The van der Waals surface area contributed by atoms with Crippen LogP contribution in [0.5, 0.6) is 0 Å². The highest BCUT2D eigenvalue weighted by Crippen LogP contribution is 2.24. The van der Waals surface area contributed by atoms with E-state index < -0.39 is 0 Å². The van der Waals surface area contributed by atoms with Gasteiger partial charge in [0.1, 0.15) is 11.9 Å². The number of hydrogen-bond donors (Lipinski definition) is 2. The molecule has 3 N–H and O–H groups in total. The summed E-state index contributed by atoms with van der Waals surface area (Å²) in [6.07, 6.45) is 2.47. The molecule has 3 rings (SSSR count). The van der Waals surface area contributed by atoms with Crippen molar-refractivity contribution < 1.29 is 18.8 Å². The molecule has 2 aliphatic heterocycles. The summed E-state index contributed by atoms with van der Waals surface area (Å²) in [6.45, 7) is 3.37. The Balaban J connectivity index is 1.47. The van der Waals surface area contributed by atoms with Crippen LogP contribution < -0.4 is 11.1 Å². The lowest BCUT2D eigenvalue weighted by atomic mass is 9.95. The fraction of sp³-hybridized carbons (Fsp3) is 0.688. The van der Waals surface area contributed by atoms with Crippen LogP contribution in [0.1, 0.15) is 31.4 Å². The summed E-state index contributed by atoms with van der Waals surface area (Å²) in [7, 11) is 0.